The molecule has 1 aliphatic rings. The van der Waals surface area contributed by atoms with Gasteiger partial charge in [-0.3, -0.25) is 9.69 Å². The van der Waals surface area contributed by atoms with E-state index in [1.807, 2.05) is 17.0 Å². The Labute approximate surface area is 127 Å². The highest BCUT2D eigenvalue weighted by Crippen LogP contribution is 2.20. The summed E-state index contributed by atoms with van der Waals surface area (Å²) in [6.07, 6.45) is 2.13. The van der Waals surface area contributed by atoms with Gasteiger partial charge in [0.1, 0.15) is 5.76 Å². The summed E-state index contributed by atoms with van der Waals surface area (Å²) in [5.74, 6) is 1.15. The Hall–Kier alpha value is -1.33. The first-order chi connectivity index (χ1) is 9.86. The Morgan fingerprint density at radius 3 is 2.52 bits per heavy atom. The van der Waals surface area contributed by atoms with Crippen LogP contribution in [-0.4, -0.2) is 47.9 Å². The lowest BCUT2D eigenvalue weighted by molar-refractivity contribution is -0.134. The van der Waals surface area contributed by atoms with Crippen LogP contribution in [0.3, 0.4) is 0 Å². The van der Waals surface area contributed by atoms with E-state index in [0.29, 0.717) is 6.42 Å². The van der Waals surface area contributed by atoms with Crippen LogP contribution in [0.5, 0.6) is 0 Å². The predicted octanol–water partition coefficient (Wildman–Crippen LogP) is 1.69. The van der Waals surface area contributed by atoms with Crippen molar-refractivity contribution in [2.45, 2.75) is 39.8 Å². The van der Waals surface area contributed by atoms with Crippen LogP contribution in [0.4, 0.5) is 0 Å². The normalized spacial score (nSPS) is 18.8. The van der Waals surface area contributed by atoms with E-state index >= 15 is 0 Å². The molecule has 0 bridgehead atoms. The van der Waals surface area contributed by atoms with Gasteiger partial charge >= 0.3 is 0 Å². The van der Waals surface area contributed by atoms with Gasteiger partial charge in [0, 0.05) is 38.6 Å². The maximum absolute atomic E-state index is 12.3. The zero-order valence-electron chi connectivity index (χ0n) is 13.3. The lowest BCUT2D eigenvalue weighted by atomic mass is 9.85. The summed E-state index contributed by atoms with van der Waals surface area (Å²) in [5.41, 5.74) is 6.07. The molecule has 0 saturated carbocycles. The second-order valence-corrected chi connectivity index (χ2v) is 6.91. The number of carbonyl (C=O) groups excluding carboxylic acids is 1. The fourth-order valence-electron chi connectivity index (χ4n) is 2.40. The smallest absolute Gasteiger partial charge is 0.224 e. The predicted molar refractivity (Wildman–Crippen MR) is 82.6 cm³/mol. The van der Waals surface area contributed by atoms with E-state index < -0.39 is 0 Å². The number of piperazine rings is 1. The van der Waals surface area contributed by atoms with Crippen molar-refractivity contribution in [3.63, 3.8) is 0 Å². The highest BCUT2D eigenvalue weighted by Gasteiger charge is 2.27. The molecule has 1 aromatic heterocycles. The number of furan rings is 1. The van der Waals surface area contributed by atoms with Gasteiger partial charge in [-0.2, -0.15) is 0 Å². The Kier molecular flexibility index (Phi) is 5.06. The SMILES string of the molecule is CC(C)(C)C(N)CC(=O)N1CCN(Cc2ccco2)CC1. The largest absolute Gasteiger partial charge is 0.468 e. The van der Waals surface area contributed by atoms with Crippen molar-refractivity contribution in [2.24, 2.45) is 11.1 Å². The number of nitrogens with two attached hydrogens (primary N) is 1. The number of nitrogens with zero attached hydrogens (tertiary/aromatic N) is 2. The van der Waals surface area contributed by atoms with Crippen molar-refractivity contribution in [3.05, 3.63) is 24.2 Å². The second-order valence-electron chi connectivity index (χ2n) is 6.91. The summed E-state index contributed by atoms with van der Waals surface area (Å²) in [6, 6.07) is 3.80. The van der Waals surface area contributed by atoms with Gasteiger partial charge < -0.3 is 15.1 Å². The molecular weight excluding hydrogens is 266 g/mol. The van der Waals surface area contributed by atoms with Crippen LogP contribution in [0.15, 0.2) is 22.8 Å². The van der Waals surface area contributed by atoms with Crippen molar-refractivity contribution in [1.82, 2.24) is 9.80 Å². The molecule has 1 aliphatic heterocycles. The van der Waals surface area contributed by atoms with Gasteiger partial charge in [-0.1, -0.05) is 20.8 Å². The zero-order chi connectivity index (χ0) is 15.5. The lowest BCUT2D eigenvalue weighted by Crippen LogP contribution is -2.50. The fourth-order valence-corrected chi connectivity index (χ4v) is 2.40. The molecule has 2 rings (SSSR count). The number of amides is 1. The third-order valence-corrected chi connectivity index (χ3v) is 4.19. The van der Waals surface area contributed by atoms with Crippen LogP contribution < -0.4 is 5.73 Å². The molecule has 5 nitrogen and oxygen atoms in total. The van der Waals surface area contributed by atoms with E-state index in [4.69, 9.17) is 10.2 Å². The van der Waals surface area contributed by atoms with Crippen molar-refractivity contribution in [3.8, 4) is 0 Å². The minimum absolute atomic E-state index is 0.0310. The first kappa shape index (κ1) is 16.0. The van der Waals surface area contributed by atoms with Gasteiger partial charge in [0.25, 0.3) is 0 Å². The molecule has 0 spiro atoms. The average molecular weight is 293 g/mol. The monoisotopic (exact) mass is 293 g/mol. The summed E-state index contributed by atoms with van der Waals surface area (Å²) in [4.78, 5) is 16.5. The first-order valence-corrected chi connectivity index (χ1v) is 7.64. The topological polar surface area (TPSA) is 62.7 Å². The Bertz CT molecular complexity index is 443. The van der Waals surface area contributed by atoms with Crippen LogP contribution in [0.2, 0.25) is 0 Å². The molecule has 1 unspecified atom stereocenters. The highest BCUT2D eigenvalue weighted by molar-refractivity contribution is 5.77. The number of rotatable bonds is 4. The third kappa shape index (κ3) is 4.58. The Morgan fingerprint density at radius 1 is 1.33 bits per heavy atom. The summed E-state index contributed by atoms with van der Waals surface area (Å²) in [6.45, 7) is 10.4. The second kappa shape index (κ2) is 6.62. The molecule has 0 aliphatic carbocycles. The summed E-state index contributed by atoms with van der Waals surface area (Å²) in [7, 11) is 0. The molecule has 21 heavy (non-hydrogen) atoms. The molecule has 1 amide bonds. The van der Waals surface area contributed by atoms with E-state index in [0.717, 1.165) is 38.5 Å². The van der Waals surface area contributed by atoms with E-state index in [1.165, 1.54) is 0 Å². The van der Waals surface area contributed by atoms with E-state index in [2.05, 4.69) is 25.7 Å². The maximum Gasteiger partial charge on any atom is 0.224 e. The van der Waals surface area contributed by atoms with E-state index in [-0.39, 0.29) is 17.4 Å². The summed E-state index contributed by atoms with van der Waals surface area (Å²) >= 11 is 0. The highest BCUT2D eigenvalue weighted by atomic mass is 16.3. The number of carbonyl (C=O) groups is 1. The van der Waals surface area contributed by atoms with Crippen LogP contribution in [0, 0.1) is 5.41 Å². The van der Waals surface area contributed by atoms with Crippen molar-refractivity contribution < 1.29 is 9.21 Å². The number of hydrogen-bond acceptors (Lipinski definition) is 4. The van der Waals surface area contributed by atoms with Gasteiger partial charge in [-0.05, 0) is 17.5 Å². The Morgan fingerprint density at radius 2 is 2.00 bits per heavy atom. The summed E-state index contributed by atoms with van der Waals surface area (Å²) < 4.78 is 5.36. The van der Waals surface area contributed by atoms with Crippen LogP contribution >= 0.6 is 0 Å². The molecule has 1 fully saturated rings. The summed E-state index contributed by atoms with van der Waals surface area (Å²) in [5, 5.41) is 0. The Balaban J connectivity index is 1.77. The van der Waals surface area contributed by atoms with Crippen molar-refractivity contribution >= 4 is 5.91 Å². The molecule has 2 heterocycles. The van der Waals surface area contributed by atoms with Crippen LogP contribution in [-0.2, 0) is 11.3 Å². The van der Waals surface area contributed by atoms with Crippen LogP contribution in [0.25, 0.3) is 0 Å². The fraction of sp³-hybridized carbons (Fsp3) is 0.688. The molecule has 0 aromatic carbocycles. The zero-order valence-corrected chi connectivity index (χ0v) is 13.3. The quantitative estimate of drug-likeness (QED) is 0.917. The van der Waals surface area contributed by atoms with Crippen LogP contribution in [0.1, 0.15) is 33.0 Å². The lowest BCUT2D eigenvalue weighted by Gasteiger charge is -2.36. The third-order valence-electron chi connectivity index (χ3n) is 4.19. The molecule has 118 valence electrons. The molecule has 0 radical (unpaired) electrons. The molecule has 1 saturated heterocycles. The molecule has 1 aromatic rings. The molecule has 5 heteroatoms. The van der Waals surface area contributed by atoms with Gasteiger partial charge in [-0.15, -0.1) is 0 Å². The maximum atomic E-state index is 12.3. The van der Waals surface area contributed by atoms with Gasteiger partial charge in [0.15, 0.2) is 0 Å². The first-order valence-electron chi connectivity index (χ1n) is 7.64. The van der Waals surface area contributed by atoms with E-state index in [1.54, 1.807) is 6.26 Å². The van der Waals surface area contributed by atoms with Crippen molar-refractivity contribution in [1.29, 1.82) is 0 Å². The standard InChI is InChI=1S/C16H27N3O2/c1-16(2,3)14(17)11-15(20)19-8-6-18(7-9-19)12-13-5-4-10-21-13/h4-5,10,14H,6-9,11-12,17H2,1-3H3. The molecule has 1 atom stereocenters. The van der Waals surface area contributed by atoms with Crippen molar-refractivity contribution in [2.75, 3.05) is 26.2 Å². The minimum Gasteiger partial charge on any atom is -0.468 e. The minimum atomic E-state index is -0.0915. The number of hydrogen-bond donors (Lipinski definition) is 1. The average Bonchev–Trinajstić information content (AvgIpc) is 2.91. The van der Waals surface area contributed by atoms with Gasteiger partial charge in [0.05, 0.1) is 12.8 Å². The van der Waals surface area contributed by atoms with Gasteiger partial charge in [-0.25, -0.2) is 0 Å². The molecular formula is C16H27N3O2. The van der Waals surface area contributed by atoms with Gasteiger partial charge in [0.2, 0.25) is 5.91 Å². The molecule has 2 N–H and O–H groups in total. The van der Waals surface area contributed by atoms with E-state index in [9.17, 15) is 4.79 Å².